The van der Waals surface area contributed by atoms with Crippen LogP contribution in [0.1, 0.15) is 11.1 Å². The minimum atomic E-state index is -0.0204. The van der Waals surface area contributed by atoms with Crippen LogP contribution in [0.4, 0.5) is 0 Å². The third-order valence-corrected chi connectivity index (χ3v) is 2.95. The molecule has 0 aromatic heterocycles. The zero-order valence-corrected chi connectivity index (χ0v) is 12.0. The van der Waals surface area contributed by atoms with Gasteiger partial charge in [0.2, 0.25) is 5.91 Å². The van der Waals surface area contributed by atoms with Gasteiger partial charge in [0.25, 0.3) is 0 Å². The molecule has 0 atom stereocenters. The Kier molecular flexibility index (Phi) is 6.93. The molecule has 0 fully saturated rings. The van der Waals surface area contributed by atoms with Crippen molar-refractivity contribution in [2.75, 3.05) is 26.4 Å². The Morgan fingerprint density at radius 1 is 1.44 bits per heavy atom. The van der Waals surface area contributed by atoms with Gasteiger partial charge in [0.15, 0.2) is 0 Å². The number of halogens is 1. The van der Waals surface area contributed by atoms with E-state index in [0.29, 0.717) is 26.2 Å². The first-order valence-corrected chi connectivity index (χ1v) is 6.63. The molecule has 0 radical (unpaired) electrons. The van der Waals surface area contributed by atoms with E-state index in [2.05, 4.69) is 21.2 Å². The van der Waals surface area contributed by atoms with Gasteiger partial charge in [-0.2, -0.15) is 0 Å². The molecule has 1 aromatic carbocycles. The first-order chi connectivity index (χ1) is 8.63. The molecule has 0 aliphatic heterocycles. The number of rotatable bonds is 7. The van der Waals surface area contributed by atoms with Crippen LogP contribution in [0.25, 0.3) is 0 Å². The molecule has 1 amide bonds. The Labute approximate surface area is 115 Å². The molecule has 5 heteroatoms. The fourth-order valence-electron chi connectivity index (χ4n) is 1.52. The number of carbonyl (C=O) groups excluding carboxylic acids is 1. The van der Waals surface area contributed by atoms with E-state index in [4.69, 9.17) is 9.84 Å². The average Bonchev–Trinajstić information content (AvgIpc) is 2.32. The van der Waals surface area contributed by atoms with Crippen LogP contribution >= 0.6 is 15.9 Å². The van der Waals surface area contributed by atoms with Crippen molar-refractivity contribution in [2.24, 2.45) is 0 Å². The predicted octanol–water partition coefficient (Wildman–Crippen LogP) is 1.43. The average molecular weight is 316 g/mol. The number of carbonyl (C=O) groups is 1. The zero-order chi connectivity index (χ0) is 13.4. The predicted molar refractivity (Wildman–Crippen MR) is 73.5 cm³/mol. The third kappa shape index (κ3) is 5.62. The van der Waals surface area contributed by atoms with Gasteiger partial charge in [-0.05, 0) is 30.2 Å². The molecule has 0 heterocycles. The molecule has 0 spiro atoms. The van der Waals surface area contributed by atoms with Crippen LogP contribution in [0, 0.1) is 6.92 Å². The maximum absolute atomic E-state index is 11.7. The number of aryl methyl sites for hydroxylation is 1. The minimum absolute atomic E-state index is 0.00599. The fraction of sp³-hybridized carbons (Fsp3) is 0.462. The molecular formula is C13H18BrNO3. The van der Waals surface area contributed by atoms with E-state index < -0.39 is 0 Å². The zero-order valence-electron chi connectivity index (χ0n) is 10.4. The van der Waals surface area contributed by atoms with E-state index in [1.165, 1.54) is 0 Å². The van der Waals surface area contributed by atoms with Crippen LogP contribution in [0.3, 0.4) is 0 Å². The number of benzene rings is 1. The normalized spacial score (nSPS) is 10.4. The van der Waals surface area contributed by atoms with Gasteiger partial charge in [-0.15, -0.1) is 0 Å². The second kappa shape index (κ2) is 8.24. The summed E-state index contributed by atoms with van der Waals surface area (Å²) in [7, 11) is 0. The highest BCUT2D eigenvalue weighted by molar-refractivity contribution is 9.10. The van der Waals surface area contributed by atoms with Gasteiger partial charge in [0.1, 0.15) is 0 Å². The van der Waals surface area contributed by atoms with Crippen LogP contribution in [-0.2, 0) is 16.0 Å². The summed E-state index contributed by atoms with van der Waals surface area (Å²) in [5, 5.41) is 11.3. The van der Waals surface area contributed by atoms with Gasteiger partial charge in [-0.25, -0.2) is 0 Å². The Morgan fingerprint density at radius 2 is 2.22 bits per heavy atom. The van der Waals surface area contributed by atoms with Gasteiger partial charge < -0.3 is 15.2 Å². The molecule has 4 nitrogen and oxygen atoms in total. The van der Waals surface area contributed by atoms with Crippen molar-refractivity contribution in [3.05, 3.63) is 33.8 Å². The summed E-state index contributed by atoms with van der Waals surface area (Å²) in [6, 6.07) is 5.87. The van der Waals surface area contributed by atoms with Gasteiger partial charge in [-0.1, -0.05) is 22.0 Å². The number of aliphatic hydroxyl groups excluding tert-OH is 1. The lowest BCUT2D eigenvalue weighted by molar-refractivity contribution is -0.120. The maximum Gasteiger partial charge on any atom is 0.224 e. The topological polar surface area (TPSA) is 58.6 Å². The molecule has 100 valence electrons. The monoisotopic (exact) mass is 315 g/mol. The van der Waals surface area contributed by atoms with Crippen molar-refractivity contribution >= 4 is 21.8 Å². The van der Waals surface area contributed by atoms with Crippen LogP contribution < -0.4 is 5.32 Å². The number of ether oxygens (including phenoxy) is 1. The van der Waals surface area contributed by atoms with Crippen molar-refractivity contribution in [2.45, 2.75) is 13.3 Å². The smallest absolute Gasteiger partial charge is 0.224 e. The summed E-state index contributed by atoms with van der Waals surface area (Å²) in [6.07, 6.45) is 0.374. The van der Waals surface area contributed by atoms with Crippen molar-refractivity contribution in [1.29, 1.82) is 0 Å². The van der Waals surface area contributed by atoms with Crippen molar-refractivity contribution in [3.63, 3.8) is 0 Å². The molecule has 1 aromatic rings. The largest absolute Gasteiger partial charge is 0.394 e. The molecule has 0 aliphatic rings. The Bertz CT molecular complexity index is 396. The van der Waals surface area contributed by atoms with Crippen LogP contribution in [-0.4, -0.2) is 37.4 Å². The SMILES string of the molecule is Cc1cc(Br)ccc1CC(=O)NCCOCCO. The number of nitrogens with one attached hydrogen (secondary N) is 1. The van der Waals surface area contributed by atoms with E-state index in [1.54, 1.807) is 0 Å². The highest BCUT2D eigenvalue weighted by Gasteiger charge is 2.05. The van der Waals surface area contributed by atoms with Crippen molar-refractivity contribution < 1.29 is 14.6 Å². The lowest BCUT2D eigenvalue weighted by atomic mass is 10.1. The van der Waals surface area contributed by atoms with Gasteiger partial charge in [-0.3, -0.25) is 4.79 Å². The highest BCUT2D eigenvalue weighted by Crippen LogP contribution is 2.16. The summed E-state index contributed by atoms with van der Waals surface area (Å²) in [5.41, 5.74) is 2.11. The second-order valence-corrected chi connectivity index (χ2v) is 4.85. The van der Waals surface area contributed by atoms with Gasteiger partial charge in [0, 0.05) is 11.0 Å². The van der Waals surface area contributed by atoms with Crippen molar-refractivity contribution in [1.82, 2.24) is 5.32 Å². The molecule has 1 rings (SSSR count). The minimum Gasteiger partial charge on any atom is -0.394 e. The Morgan fingerprint density at radius 3 is 2.89 bits per heavy atom. The van der Waals surface area contributed by atoms with Crippen LogP contribution in [0.15, 0.2) is 22.7 Å². The number of hydrogen-bond acceptors (Lipinski definition) is 3. The molecule has 0 bridgehead atoms. The first kappa shape index (κ1) is 15.1. The molecule has 0 saturated heterocycles. The maximum atomic E-state index is 11.7. The van der Waals surface area contributed by atoms with E-state index in [-0.39, 0.29) is 12.5 Å². The molecule has 2 N–H and O–H groups in total. The Hall–Kier alpha value is -0.910. The summed E-state index contributed by atoms with van der Waals surface area (Å²) < 4.78 is 6.07. The van der Waals surface area contributed by atoms with E-state index >= 15 is 0 Å². The number of amides is 1. The van der Waals surface area contributed by atoms with Gasteiger partial charge in [0.05, 0.1) is 26.2 Å². The summed E-state index contributed by atoms with van der Waals surface area (Å²) in [5.74, 6) is -0.0204. The van der Waals surface area contributed by atoms with E-state index in [0.717, 1.165) is 15.6 Å². The molecule has 18 heavy (non-hydrogen) atoms. The molecule has 0 unspecified atom stereocenters. The van der Waals surface area contributed by atoms with E-state index in [9.17, 15) is 4.79 Å². The molecule has 0 saturated carbocycles. The lowest BCUT2D eigenvalue weighted by Crippen LogP contribution is -2.29. The summed E-state index contributed by atoms with van der Waals surface area (Å²) >= 11 is 3.39. The number of hydrogen-bond donors (Lipinski definition) is 2. The summed E-state index contributed by atoms with van der Waals surface area (Å²) in [4.78, 5) is 11.7. The molecule has 0 aliphatic carbocycles. The Balaban J connectivity index is 2.31. The quantitative estimate of drug-likeness (QED) is 0.748. The first-order valence-electron chi connectivity index (χ1n) is 5.84. The van der Waals surface area contributed by atoms with Crippen LogP contribution in [0.2, 0.25) is 0 Å². The number of aliphatic hydroxyl groups is 1. The van der Waals surface area contributed by atoms with Crippen LogP contribution in [0.5, 0.6) is 0 Å². The van der Waals surface area contributed by atoms with Crippen molar-refractivity contribution in [3.8, 4) is 0 Å². The summed E-state index contributed by atoms with van der Waals surface area (Å²) in [6.45, 7) is 3.19. The third-order valence-electron chi connectivity index (χ3n) is 2.46. The fourth-order valence-corrected chi connectivity index (χ4v) is 2.00. The molecular weight excluding hydrogens is 298 g/mol. The standard InChI is InChI=1S/C13H18BrNO3/c1-10-8-12(14)3-2-11(10)9-13(17)15-4-6-18-7-5-16/h2-3,8,16H,4-7,9H2,1H3,(H,15,17). The second-order valence-electron chi connectivity index (χ2n) is 3.93. The lowest BCUT2D eigenvalue weighted by Gasteiger charge is -2.08. The van der Waals surface area contributed by atoms with Gasteiger partial charge >= 0.3 is 0 Å². The highest BCUT2D eigenvalue weighted by atomic mass is 79.9. The van der Waals surface area contributed by atoms with E-state index in [1.807, 2.05) is 25.1 Å².